The molecular weight excluding hydrogens is 286 g/mol. The van der Waals surface area contributed by atoms with E-state index in [1.807, 2.05) is 18.2 Å². The smallest absolute Gasteiger partial charge is 0.307 e. The van der Waals surface area contributed by atoms with Crippen LogP contribution in [0.2, 0.25) is 0 Å². The Labute approximate surface area is 141 Å². The number of ether oxygens (including phenoxy) is 1. The van der Waals surface area contributed by atoms with Gasteiger partial charge in [-0.3, -0.25) is 4.79 Å². The van der Waals surface area contributed by atoms with E-state index in [9.17, 15) is 4.79 Å². The van der Waals surface area contributed by atoms with Gasteiger partial charge < -0.3 is 10.1 Å². The fraction of sp³-hybridized carbons (Fsp3) is 0.650. The van der Waals surface area contributed by atoms with Crippen molar-refractivity contribution < 1.29 is 9.53 Å². The normalized spacial score (nSPS) is 12.1. The highest BCUT2D eigenvalue weighted by Gasteiger charge is 2.13. The third-order valence-corrected chi connectivity index (χ3v) is 4.23. The monoisotopic (exact) mass is 319 g/mol. The Kier molecular flexibility index (Phi) is 11.2. The molecule has 1 atom stereocenters. The van der Waals surface area contributed by atoms with Gasteiger partial charge in [-0.05, 0) is 12.0 Å². The number of benzene rings is 1. The molecule has 3 heteroatoms. The molecule has 0 fully saturated rings. The first-order valence-corrected chi connectivity index (χ1v) is 9.10. The second-order valence-corrected chi connectivity index (χ2v) is 6.25. The number of rotatable bonds is 13. The average Bonchev–Trinajstić information content (AvgIpc) is 2.59. The first kappa shape index (κ1) is 19.7. The molecule has 0 aliphatic rings. The summed E-state index contributed by atoms with van der Waals surface area (Å²) in [6.45, 7) is 3.05. The predicted molar refractivity (Wildman–Crippen MR) is 96.3 cm³/mol. The van der Waals surface area contributed by atoms with Crippen LogP contribution in [0, 0.1) is 0 Å². The lowest BCUT2D eigenvalue weighted by atomic mass is 10.0. The quantitative estimate of drug-likeness (QED) is 0.417. The third kappa shape index (κ3) is 10.1. The zero-order valence-electron chi connectivity index (χ0n) is 14.9. The summed E-state index contributed by atoms with van der Waals surface area (Å²) >= 11 is 0. The van der Waals surface area contributed by atoms with E-state index in [0.717, 1.165) is 13.0 Å². The lowest BCUT2D eigenvalue weighted by Crippen LogP contribution is -2.31. The van der Waals surface area contributed by atoms with Crippen LogP contribution >= 0.6 is 0 Å². The number of nitrogens with one attached hydrogen (secondary N) is 1. The van der Waals surface area contributed by atoms with Gasteiger partial charge in [0.1, 0.15) is 0 Å². The van der Waals surface area contributed by atoms with Crippen molar-refractivity contribution in [3.8, 4) is 0 Å². The molecule has 0 aliphatic heterocycles. The molecule has 0 bridgehead atoms. The Morgan fingerprint density at radius 1 is 1.04 bits per heavy atom. The lowest BCUT2D eigenvalue weighted by molar-refractivity contribution is -0.141. The summed E-state index contributed by atoms with van der Waals surface area (Å²) in [5.41, 5.74) is 1.25. The maximum atomic E-state index is 11.6. The Balaban J connectivity index is 2.26. The van der Waals surface area contributed by atoms with E-state index in [1.54, 1.807) is 0 Å². The Morgan fingerprint density at radius 3 is 2.35 bits per heavy atom. The number of hydrogen-bond acceptors (Lipinski definition) is 3. The Bertz CT molecular complexity index is 405. The van der Waals surface area contributed by atoms with Crippen LogP contribution in [-0.4, -0.2) is 19.1 Å². The van der Waals surface area contributed by atoms with Crippen molar-refractivity contribution in [1.82, 2.24) is 5.32 Å². The number of carbonyl (C=O) groups excluding carboxylic acids is 1. The molecule has 0 saturated carbocycles. The van der Waals surface area contributed by atoms with Crippen LogP contribution in [0.15, 0.2) is 30.3 Å². The zero-order chi connectivity index (χ0) is 16.8. The highest BCUT2D eigenvalue weighted by molar-refractivity contribution is 5.69. The standard InChI is InChI=1S/C20H33NO2/c1-3-4-5-6-7-8-12-15-19(16-20(22)23-2)21-17-18-13-10-9-11-14-18/h9-11,13-14,19,21H,3-8,12,15-17H2,1-2H3. The van der Waals surface area contributed by atoms with Crippen LogP contribution in [0.4, 0.5) is 0 Å². The first-order valence-electron chi connectivity index (χ1n) is 9.10. The number of hydrogen-bond donors (Lipinski definition) is 1. The summed E-state index contributed by atoms with van der Waals surface area (Å²) in [6.07, 6.45) is 10.6. The Hall–Kier alpha value is -1.35. The third-order valence-electron chi connectivity index (χ3n) is 4.23. The summed E-state index contributed by atoms with van der Waals surface area (Å²) in [7, 11) is 1.46. The summed E-state index contributed by atoms with van der Waals surface area (Å²) in [4.78, 5) is 11.6. The molecule has 1 unspecified atom stereocenters. The van der Waals surface area contributed by atoms with Gasteiger partial charge in [-0.2, -0.15) is 0 Å². The van der Waals surface area contributed by atoms with E-state index < -0.39 is 0 Å². The van der Waals surface area contributed by atoms with Crippen LogP contribution < -0.4 is 5.32 Å². The van der Waals surface area contributed by atoms with Crippen LogP contribution in [0.3, 0.4) is 0 Å². The molecule has 0 aliphatic carbocycles. The van der Waals surface area contributed by atoms with Crippen molar-refractivity contribution in [3.05, 3.63) is 35.9 Å². The number of carbonyl (C=O) groups is 1. The molecule has 0 saturated heterocycles. The molecule has 0 spiro atoms. The van der Waals surface area contributed by atoms with E-state index in [2.05, 4.69) is 24.4 Å². The molecule has 0 amide bonds. The maximum absolute atomic E-state index is 11.6. The first-order chi connectivity index (χ1) is 11.3. The maximum Gasteiger partial charge on any atom is 0.307 e. The van der Waals surface area contributed by atoms with Crippen LogP contribution in [0.25, 0.3) is 0 Å². The minimum absolute atomic E-state index is 0.126. The minimum Gasteiger partial charge on any atom is -0.469 e. The highest BCUT2D eigenvalue weighted by atomic mass is 16.5. The molecule has 3 nitrogen and oxygen atoms in total. The van der Waals surface area contributed by atoms with Gasteiger partial charge in [-0.1, -0.05) is 82.2 Å². The fourth-order valence-electron chi connectivity index (χ4n) is 2.77. The van der Waals surface area contributed by atoms with Crippen molar-refractivity contribution in [2.24, 2.45) is 0 Å². The minimum atomic E-state index is -0.126. The second-order valence-electron chi connectivity index (χ2n) is 6.25. The molecular formula is C20H33NO2. The predicted octanol–water partition coefficient (Wildman–Crippen LogP) is 4.85. The van der Waals surface area contributed by atoms with Crippen molar-refractivity contribution in [2.45, 2.75) is 77.3 Å². The van der Waals surface area contributed by atoms with Gasteiger partial charge in [0.2, 0.25) is 0 Å². The lowest BCUT2D eigenvalue weighted by Gasteiger charge is -2.18. The SMILES string of the molecule is CCCCCCCCCC(CC(=O)OC)NCc1ccccc1. The fourth-order valence-corrected chi connectivity index (χ4v) is 2.77. The van der Waals surface area contributed by atoms with E-state index >= 15 is 0 Å². The van der Waals surface area contributed by atoms with Crippen molar-refractivity contribution in [3.63, 3.8) is 0 Å². The number of unbranched alkanes of at least 4 members (excludes halogenated alkanes) is 6. The van der Waals surface area contributed by atoms with Gasteiger partial charge in [0, 0.05) is 12.6 Å². The average molecular weight is 319 g/mol. The van der Waals surface area contributed by atoms with Gasteiger partial charge in [-0.25, -0.2) is 0 Å². The topological polar surface area (TPSA) is 38.3 Å². The second kappa shape index (κ2) is 13.1. The molecule has 1 aromatic carbocycles. The van der Waals surface area contributed by atoms with Gasteiger partial charge in [0.15, 0.2) is 0 Å². The molecule has 130 valence electrons. The van der Waals surface area contributed by atoms with Gasteiger partial charge in [0.25, 0.3) is 0 Å². The van der Waals surface area contributed by atoms with Crippen LogP contribution in [0.5, 0.6) is 0 Å². The van der Waals surface area contributed by atoms with Crippen LogP contribution in [0.1, 0.15) is 70.3 Å². The molecule has 0 aromatic heterocycles. The van der Waals surface area contributed by atoms with E-state index in [0.29, 0.717) is 6.42 Å². The summed E-state index contributed by atoms with van der Waals surface area (Å²) < 4.78 is 4.83. The zero-order valence-corrected chi connectivity index (χ0v) is 14.9. The highest BCUT2D eigenvalue weighted by Crippen LogP contribution is 2.12. The van der Waals surface area contributed by atoms with Crippen molar-refractivity contribution >= 4 is 5.97 Å². The number of methoxy groups -OCH3 is 1. The van der Waals surface area contributed by atoms with E-state index in [-0.39, 0.29) is 12.0 Å². The van der Waals surface area contributed by atoms with Crippen LogP contribution in [-0.2, 0) is 16.1 Å². The number of esters is 1. The summed E-state index contributed by atoms with van der Waals surface area (Å²) in [6, 6.07) is 10.5. The van der Waals surface area contributed by atoms with Crippen molar-refractivity contribution in [2.75, 3.05) is 7.11 Å². The van der Waals surface area contributed by atoms with Gasteiger partial charge >= 0.3 is 5.97 Å². The Morgan fingerprint density at radius 2 is 1.70 bits per heavy atom. The van der Waals surface area contributed by atoms with E-state index in [4.69, 9.17) is 4.74 Å². The van der Waals surface area contributed by atoms with Gasteiger partial charge in [-0.15, -0.1) is 0 Å². The van der Waals surface area contributed by atoms with Gasteiger partial charge in [0.05, 0.1) is 13.5 Å². The summed E-state index contributed by atoms with van der Waals surface area (Å²) in [5.74, 6) is -0.126. The van der Waals surface area contributed by atoms with Crippen molar-refractivity contribution in [1.29, 1.82) is 0 Å². The molecule has 1 rings (SSSR count). The van der Waals surface area contributed by atoms with E-state index in [1.165, 1.54) is 57.6 Å². The molecule has 0 radical (unpaired) electrons. The summed E-state index contributed by atoms with van der Waals surface area (Å²) in [5, 5.41) is 3.51. The molecule has 0 heterocycles. The molecule has 23 heavy (non-hydrogen) atoms. The molecule has 1 N–H and O–H groups in total. The molecule has 1 aromatic rings. The largest absolute Gasteiger partial charge is 0.469 e.